The Morgan fingerprint density at radius 1 is 1.30 bits per heavy atom. The van der Waals surface area contributed by atoms with E-state index < -0.39 is 11.9 Å². The molecule has 2 heterocycles. The number of anilines is 1. The predicted octanol–water partition coefficient (Wildman–Crippen LogP) is 4.17. The lowest BCUT2D eigenvalue weighted by atomic mass is 9.82. The van der Waals surface area contributed by atoms with Gasteiger partial charge in [0.2, 0.25) is 5.28 Å². The first-order valence-electron chi connectivity index (χ1n) is 6.66. The number of hydrogen-bond donors (Lipinski definition) is 0. The van der Waals surface area contributed by atoms with Gasteiger partial charge in [-0.15, -0.1) is 0 Å². The fourth-order valence-corrected chi connectivity index (χ4v) is 2.85. The third-order valence-corrected chi connectivity index (χ3v) is 4.41. The summed E-state index contributed by atoms with van der Waals surface area (Å²) >= 11 is 5.62. The predicted molar refractivity (Wildman–Crippen MR) is 71.9 cm³/mol. The SMILES string of the molecule is CCC1(CC)CCN(c2cc(C(F)(F)F)nc(Cl)n2)C1. The molecule has 7 heteroatoms. The van der Waals surface area contributed by atoms with E-state index in [1.165, 1.54) is 0 Å². The van der Waals surface area contributed by atoms with E-state index in [2.05, 4.69) is 23.8 Å². The highest BCUT2D eigenvalue weighted by molar-refractivity contribution is 6.28. The molecule has 1 saturated heterocycles. The minimum Gasteiger partial charge on any atom is -0.356 e. The molecule has 0 bridgehead atoms. The molecule has 20 heavy (non-hydrogen) atoms. The molecule has 3 nitrogen and oxygen atoms in total. The zero-order valence-corrected chi connectivity index (χ0v) is 12.2. The third kappa shape index (κ3) is 3.00. The maximum atomic E-state index is 12.8. The molecule has 0 saturated carbocycles. The molecule has 0 unspecified atom stereocenters. The van der Waals surface area contributed by atoms with Gasteiger partial charge in [0.1, 0.15) is 5.82 Å². The summed E-state index contributed by atoms with van der Waals surface area (Å²) in [5.74, 6) is 0.265. The van der Waals surface area contributed by atoms with Crippen molar-refractivity contribution in [1.82, 2.24) is 9.97 Å². The average Bonchev–Trinajstić information content (AvgIpc) is 2.82. The highest BCUT2D eigenvalue weighted by atomic mass is 35.5. The maximum absolute atomic E-state index is 12.8. The molecule has 1 aliphatic rings. The first-order valence-corrected chi connectivity index (χ1v) is 7.04. The summed E-state index contributed by atoms with van der Waals surface area (Å²) in [6.07, 6.45) is -1.54. The van der Waals surface area contributed by atoms with Crippen LogP contribution in [0.15, 0.2) is 6.07 Å². The molecule has 0 aliphatic carbocycles. The van der Waals surface area contributed by atoms with Gasteiger partial charge in [0.15, 0.2) is 5.69 Å². The molecule has 0 atom stereocenters. The summed E-state index contributed by atoms with van der Waals surface area (Å²) in [7, 11) is 0. The third-order valence-electron chi connectivity index (χ3n) is 4.24. The smallest absolute Gasteiger partial charge is 0.356 e. The van der Waals surface area contributed by atoms with Crippen LogP contribution in [0.2, 0.25) is 5.28 Å². The van der Waals surface area contributed by atoms with E-state index in [1.54, 1.807) is 0 Å². The van der Waals surface area contributed by atoms with Crippen LogP contribution in [0.4, 0.5) is 19.0 Å². The van der Waals surface area contributed by atoms with Crippen molar-refractivity contribution in [2.24, 2.45) is 5.41 Å². The van der Waals surface area contributed by atoms with E-state index in [1.807, 2.05) is 4.90 Å². The van der Waals surface area contributed by atoms with Crippen molar-refractivity contribution >= 4 is 17.4 Å². The Bertz CT molecular complexity index is 486. The van der Waals surface area contributed by atoms with Gasteiger partial charge in [0.25, 0.3) is 0 Å². The molecule has 1 aliphatic heterocycles. The Morgan fingerprint density at radius 2 is 1.95 bits per heavy atom. The van der Waals surface area contributed by atoms with Gasteiger partial charge in [0, 0.05) is 19.2 Å². The van der Waals surface area contributed by atoms with Gasteiger partial charge in [-0.2, -0.15) is 13.2 Å². The maximum Gasteiger partial charge on any atom is 0.433 e. The van der Waals surface area contributed by atoms with Crippen LogP contribution >= 0.6 is 11.6 Å². The Balaban J connectivity index is 2.29. The second-order valence-corrected chi connectivity index (χ2v) is 5.59. The van der Waals surface area contributed by atoms with Gasteiger partial charge < -0.3 is 4.90 Å². The Hall–Kier alpha value is -1.04. The van der Waals surface area contributed by atoms with E-state index in [4.69, 9.17) is 11.6 Å². The first kappa shape index (κ1) is 15.4. The van der Waals surface area contributed by atoms with Crippen molar-refractivity contribution in [3.8, 4) is 0 Å². The van der Waals surface area contributed by atoms with Gasteiger partial charge in [0.05, 0.1) is 0 Å². The van der Waals surface area contributed by atoms with E-state index in [0.29, 0.717) is 13.1 Å². The van der Waals surface area contributed by atoms with E-state index in [9.17, 15) is 13.2 Å². The summed E-state index contributed by atoms with van der Waals surface area (Å²) in [5.41, 5.74) is -0.825. The molecule has 112 valence electrons. The number of hydrogen-bond acceptors (Lipinski definition) is 3. The summed E-state index contributed by atoms with van der Waals surface area (Å²) in [6, 6.07) is 0.979. The van der Waals surface area contributed by atoms with Crippen molar-refractivity contribution in [2.45, 2.75) is 39.3 Å². The molecule has 0 radical (unpaired) electrons. The summed E-state index contributed by atoms with van der Waals surface area (Å²) in [6.45, 7) is 5.64. The zero-order valence-electron chi connectivity index (χ0n) is 11.5. The van der Waals surface area contributed by atoms with Crippen molar-refractivity contribution in [3.05, 3.63) is 17.0 Å². The van der Waals surface area contributed by atoms with Crippen molar-refractivity contribution < 1.29 is 13.2 Å². The Kier molecular flexibility index (Phi) is 4.14. The molecule has 1 aromatic heterocycles. The Labute approximate surface area is 121 Å². The summed E-state index contributed by atoms with van der Waals surface area (Å²) in [4.78, 5) is 9.07. The standard InChI is InChI=1S/C13H17ClF3N3/c1-3-12(4-2)5-6-20(8-12)10-7-9(13(15,16)17)18-11(14)19-10/h7H,3-6,8H2,1-2H3. The van der Waals surface area contributed by atoms with Gasteiger partial charge in [-0.3, -0.25) is 0 Å². The number of aromatic nitrogens is 2. The van der Waals surface area contributed by atoms with Crippen LogP contribution in [0.25, 0.3) is 0 Å². The molecule has 2 rings (SSSR count). The lowest BCUT2D eigenvalue weighted by Crippen LogP contribution is -2.27. The van der Waals surface area contributed by atoms with Crippen LogP contribution in [0.3, 0.4) is 0 Å². The van der Waals surface area contributed by atoms with Gasteiger partial charge in [-0.25, -0.2) is 9.97 Å². The fourth-order valence-electron chi connectivity index (χ4n) is 2.67. The molecular formula is C13H17ClF3N3. The average molecular weight is 308 g/mol. The van der Waals surface area contributed by atoms with Crippen LogP contribution in [0, 0.1) is 5.41 Å². The first-order chi connectivity index (χ1) is 9.29. The van der Waals surface area contributed by atoms with Crippen molar-refractivity contribution in [1.29, 1.82) is 0 Å². The van der Waals surface area contributed by atoms with E-state index in [0.717, 1.165) is 25.3 Å². The minimum atomic E-state index is -4.51. The normalized spacial score (nSPS) is 18.6. The number of nitrogens with zero attached hydrogens (tertiary/aromatic N) is 3. The summed E-state index contributed by atoms with van der Waals surface area (Å²) < 4.78 is 38.3. The number of halogens is 4. The molecule has 0 amide bonds. The molecule has 0 aromatic carbocycles. The second kappa shape index (κ2) is 5.39. The number of rotatable bonds is 3. The van der Waals surface area contributed by atoms with Gasteiger partial charge >= 0.3 is 6.18 Å². The monoisotopic (exact) mass is 307 g/mol. The highest BCUT2D eigenvalue weighted by Crippen LogP contribution is 2.39. The van der Waals surface area contributed by atoms with Crippen LogP contribution in [0.1, 0.15) is 38.8 Å². The lowest BCUT2D eigenvalue weighted by molar-refractivity contribution is -0.141. The van der Waals surface area contributed by atoms with Gasteiger partial charge in [-0.1, -0.05) is 13.8 Å². The number of alkyl halides is 3. The molecule has 0 N–H and O–H groups in total. The van der Waals surface area contributed by atoms with Crippen molar-refractivity contribution in [2.75, 3.05) is 18.0 Å². The molecule has 0 spiro atoms. The van der Waals surface area contributed by atoms with Gasteiger partial charge in [-0.05, 0) is 36.3 Å². The molecular weight excluding hydrogens is 291 g/mol. The topological polar surface area (TPSA) is 29.0 Å². The lowest BCUT2D eigenvalue weighted by Gasteiger charge is -2.26. The quantitative estimate of drug-likeness (QED) is 0.785. The second-order valence-electron chi connectivity index (χ2n) is 5.26. The fraction of sp³-hybridized carbons (Fsp3) is 0.692. The van der Waals surface area contributed by atoms with Crippen molar-refractivity contribution in [3.63, 3.8) is 0 Å². The van der Waals surface area contributed by atoms with Crippen LogP contribution < -0.4 is 4.90 Å². The summed E-state index contributed by atoms with van der Waals surface area (Å²) in [5, 5.41) is -0.361. The molecule has 1 fully saturated rings. The highest BCUT2D eigenvalue weighted by Gasteiger charge is 2.38. The van der Waals surface area contributed by atoms with E-state index in [-0.39, 0.29) is 16.5 Å². The van der Waals surface area contributed by atoms with E-state index >= 15 is 0 Å². The Morgan fingerprint density at radius 3 is 2.45 bits per heavy atom. The minimum absolute atomic E-state index is 0.163. The zero-order chi connectivity index (χ0) is 15.0. The molecule has 1 aromatic rings. The largest absolute Gasteiger partial charge is 0.433 e. The van der Waals surface area contributed by atoms with Crippen LogP contribution in [0.5, 0.6) is 0 Å². The van der Waals surface area contributed by atoms with Crippen LogP contribution in [-0.2, 0) is 6.18 Å². The van der Waals surface area contributed by atoms with Crippen LogP contribution in [-0.4, -0.2) is 23.1 Å².